The van der Waals surface area contributed by atoms with Gasteiger partial charge in [0.15, 0.2) is 5.84 Å². The smallest absolute Gasteiger partial charge is 0.424 e. The van der Waals surface area contributed by atoms with Crippen molar-refractivity contribution in [2.45, 2.75) is 27.7 Å². The van der Waals surface area contributed by atoms with Gasteiger partial charge in [-0.3, -0.25) is 24.8 Å². The molecule has 3 amide bonds. The van der Waals surface area contributed by atoms with Gasteiger partial charge >= 0.3 is 19.9 Å². The first kappa shape index (κ1) is 35.2. The number of aliphatic imine (C=N–C) groups is 1. The second-order valence-corrected chi connectivity index (χ2v) is 10.6. The average molecular weight is 657 g/mol. The average Bonchev–Trinajstić information content (AvgIpc) is 3.38. The molecule has 0 saturated heterocycles. The minimum absolute atomic E-state index is 0.0394. The Morgan fingerprint density at radius 2 is 1.61 bits per heavy atom. The maximum atomic E-state index is 13.7. The lowest BCUT2D eigenvalue weighted by Gasteiger charge is -2.25. The molecule has 3 aromatic rings. The number of amides is 3. The number of aryl methyl sites for hydroxylation is 1. The summed E-state index contributed by atoms with van der Waals surface area (Å²) in [6, 6.07) is 9.25. The molecule has 46 heavy (non-hydrogen) atoms. The third-order valence-corrected chi connectivity index (χ3v) is 6.71. The van der Waals surface area contributed by atoms with Crippen LogP contribution in [0.5, 0.6) is 5.75 Å². The van der Waals surface area contributed by atoms with E-state index in [1.807, 2.05) is 0 Å². The molecular formula is C29H33N6O10P. The van der Waals surface area contributed by atoms with E-state index in [1.54, 1.807) is 39.8 Å². The van der Waals surface area contributed by atoms with Crippen LogP contribution in [-0.2, 0) is 14.0 Å². The van der Waals surface area contributed by atoms with Gasteiger partial charge in [-0.1, -0.05) is 6.07 Å². The van der Waals surface area contributed by atoms with E-state index in [0.29, 0.717) is 30.6 Å². The molecular weight excluding hydrogens is 623 g/mol. The van der Waals surface area contributed by atoms with Gasteiger partial charge < -0.3 is 29.6 Å². The van der Waals surface area contributed by atoms with Crippen molar-refractivity contribution < 1.29 is 47.5 Å². The summed E-state index contributed by atoms with van der Waals surface area (Å²) >= 11 is 0. The Morgan fingerprint density at radius 1 is 0.978 bits per heavy atom. The van der Waals surface area contributed by atoms with Crippen molar-refractivity contribution >= 4 is 49.6 Å². The van der Waals surface area contributed by atoms with Crippen LogP contribution in [0.4, 0.5) is 10.5 Å². The normalized spacial score (nSPS) is 11.3. The van der Waals surface area contributed by atoms with Crippen LogP contribution in [0.15, 0.2) is 53.7 Å². The number of nitrogens with zero attached hydrogens (tertiary/aromatic N) is 2. The van der Waals surface area contributed by atoms with Crippen molar-refractivity contribution in [3.63, 3.8) is 0 Å². The van der Waals surface area contributed by atoms with E-state index in [1.165, 1.54) is 24.4 Å². The summed E-state index contributed by atoms with van der Waals surface area (Å²) in [6.45, 7) is 6.63. The summed E-state index contributed by atoms with van der Waals surface area (Å²) in [5.41, 5.74) is 1.68. The molecule has 3 rings (SSSR count). The molecule has 0 unspecified atom stereocenters. The number of ether oxygens (including phenoxy) is 2. The summed E-state index contributed by atoms with van der Waals surface area (Å²) in [6.07, 6.45) is 1.00. The zero-order valence-electron chi connectivity index (χ0n) is 25.3. The molecule has 0 saturated carbocycles. The van der Waals surface area contributed by atoms with Gasteiger partial charge in [-0.15, -0.1) is 0 Å². The Hall–Kier alpha value is -5.31. The number of phosphoric acid groups is 1. The van der Waals surface area contributed by atoms with E-state index in [9.17, 15) is 23.7 Å². The molecule has 0 atom stereocenters. The predicted molar refractivity (Wildman–Crippen MR) is 166 cm³/mol. The predicted octanol–water partition coefficient (Wildman–Crippen LogP) is 3.41. The van der Waals surface area contributed by atoms with Crippen LogP contribution >= 0.6 is 7.82 Å². The molecule has 244 valence electrons. The summed E-state index contributed by atoms with van der Waals surface area (Å²) in [7, 11) is -4.80. The van der Waals surface area contributed by atoms with Crippen molar-refractivity contribution in [2.75, 3.05) is 24.8 Å². The summed E-state index contributed by atoms with van der Waals surface area (Å²) < 4.78 is 25.8. The topological polar surface area (TPSA) is 233 Å². The van der Waals surface area contributed by atoms with Crippen molar-refractivity contribution in [2.24, 2.45) is 4.99 Å². The SMILES string of the molecule is CCNC(=O)c1ccc(C)c(N(C(=O)OCOC(=O)c2ccc(OP(=O)(O)O)cc2)/C(=N/C=N)c2[nH]cc(C(=O)NCC)c2C)c1. The number of hydrogen-bond acceptors (Lipinski definition) is 9. The molecule has 0 radical (unpaired) electrons. The van der Waals surface area contributed by atoms with Gasteiger partial charge in [0.1, 0.15) is 12.1 Å². The van der Waals surface area contributed by atoms with E-state index >= 15 is 0 Å². The molecule has 0 aliphatic heterocycles. The van der Waals surface area contributed by atoms with E-state index in [0.717, 1.165) is 17.0 Å². The molecule has 0 spiro atoms. The van der Waals surface area contributed by atoms with Gasteiger partial charge in [0.05, 0.1) is 22.5 Å². The summed E-state index contributed by atoms with van der Waals surface area (Å²) in [5, 5.41) is 13.1. The van der Waals surface area contributed by atoms with Gasteiger partial charge in [0, 0.05) is 24.8 Å². The maximum Gasteiger partial charge on any atom is 0.524 e. The van der Waals surface area contributed by atoms with E-state index in [4.69, 9.17) is 24.7 Å². The first-order valence-corrected chi connectivity index (χ1v) is 15.3. The van der Waals surface area contributed by atoms with E-state index < -0.39 is 32.6 Å². The molecule has 6 N–H and O–H groups in total. The molecule has 0 aliphatic rings. The number of rotatable bonds is 12. The highest BCUT2D eigenvalue weighted by atomic mass is 31.2. The van der Waals surface area contributed by atoms with Gasteiger partial charge in [0.2, 0.25) is 6.79 Å². The lowest BCUT2D eigenvalue weighted by Crippen LogP contribution is -2.40. The van der Waals surface area contributed by atoms with Crippen LogP contribution in [0.25, 0.3) is 0 Å². The Bertz CT molecular complexity index is 1700. The number of benzene rings is 2. The van der Waals surface area contributed by atoms with E-state index in [2.05, 4.69) is 25.1 Å². The second-order valence-electron chi connectivity index (χ2n) is 9.41. The van der Waals surface area contributed by atoms with Gasteiger partial charge in [-0.2, -0.15) is 0 Å². The molecule has 0 bridgehead atoms. The first-order chi connectivity index (χ1) is 21.8. The molecule has 16 nitrogen and oxygen atoms in total. The number of H-pyrrole nitrogens is 1. The highest BCUT2D eigenvalue weighted by Gasteiger charge is 2.30. The lowest BCUT2D eigenvalue weighted by molar-refractivity contribution is 0.0000917. The number of anilines is 1. The number of nitrogens with one attached hydrogen (secondary N) is 4. The minimum atomic E-state index is -4.80. The number of carbonyl (C=O) groups excluding carboxylic acids is 4. The fourth-order valence-corrected chi connectivity index (χ4v) is 4.53. The molecule has 1 aromatic heterocycles. The zero-order chi connectivity index (χ0) is 34.0. The lowest BCUT2D eigenvalue weighted by atomic mass is 10.1. The Kier molecular flexibility index (Phi) is 11.9. The van der Waals surface area contributed by atoms with Crippen LogP contribution in [0.3, 0.4) is 0 Å². The van der Waals surface area contributed by atoms with Gasteiger partial charge in [-0.25, -0.2) is 24.0 Å². The third kappa shape index (κ3) is 8.88. The standard InChI is InChI=1S/C29H33N6O10P/c1-5-31-26(36)20-8-7-17(3)23(13-20)35(25(34-15-30)24-18(4)22(14-33-24)27(37)32-6-2)29(39)44-16-43-28(38)19-9-11-21(12-10-19)45-46(40,41)42/h7-15,30,33H,5-6,16H2,1-4H3,(H,31,36)(H,32,37)(H2,40,41,42)/b30-15?,34-25+. The van der Waals surface area contributed by atoms with Crippen LogP contribution in [0.1, 0.15) is 61.7 Å². The second kappa shape index (κ2) is 15.6. The maximum absolute atomic E-state index is 13.7. The van der Waals surface area contributed by atoms with Crippen LogP contribution < -0.4 is 20.1 Å². The zero-order valence-corrected chi connectivity index (χ0v) is 26.2. The largest absolute Gasteiger partial charge is 0.524 e. The number of phosphoric ester groups is 1. The number of aromatic nitrogens is 1. The first-order valence-electron chi connectivity index (χ1n) is 13.7. The monoisotopic (exact) mass is 656 g/mol. The van der Waals surface area contributed by atoms with Crippen molar-refractivity contribution in [3.05, 3.63) is 82.2 Å². The number of esters is 1. The van der Waals surface area contributed by atoms with Crippen LogP contribution in [0, 0.1) is 19.3 Å². The van der Waals surface area contributed by atoms with Crippen molar-refractivity contribution in [1.82, 2.24) is 15.6 Å². The molecule has 17 heteroatoms. The van der Waals surface area contributed by atoms with Crippen LogP contribution in [0.2, 0.25) is 0 Å². The Balaban J connectivity index is 1.97. The molecule has 2 aromatic carbocycles. The van der Waals surface area contributed by atoms with Crippen molar-refractivity contribution in [3.8, 4) is 5.75 Å². The Morgan fingerprint density at radius 3 is 2.22 bits per heavy atom. The van der Waals surface area contributed by atoms with E-state index in [-0.39, 0.29) is 45.6 Å². The summed E-state index contributed by atoms with van der Waals surface area (Å²) in [5.74, 6) is -2.07. The van der Waals surface area contributed by atoms with Crippen LogP contribution in [-0.4, -0.2) is 70.7 Å². The highest BCUT2D eigenvalue weighted by Crippen LogP contribution is 2.37. The quantitative estimate of drug-likeness (QED) is 0.0546. The molecule has 0 aliphatic carbocycles. The van der Waals surface area contributed by atoms with Gasteiger partial charge in [0.25, 0.3) is 11.8 Å². The minimum Gasteiger partial charge on any atom is -0.424 e. The Labute approximate surface area is 263 Å². The fraction of sp³-hybridized carbons (Fsp3) is 0.241. The molecule has 1 heterocycles. The third-order valence-electron chi connectivity index (χ3n) is 6.26. The number of amidine groups is 1. The van der Waals surface area contributed by atoms with Crippen molar-refractivity contribution in [1.29, 1.82) is 5.41 Å². The molecule has 0 fully saturated rings. The number of aromatic amines is 1. The summed E-state index contributed by atoms with van der Waals surface area (Å²) in [4.78, 5) is 77.4. The van der Waals surface area contributed by atoms with Gasteiger partial charge in [-0.05, 0) is 75.2 Å². The number of carbonyl (C=O) groups is 4. The highest BCUT2D eigenvalue weighted by molar-refractivity contribution is 7.46. The number of hydrogen-bond donors (Lipinski definition) is 6. The fourth-order valence-electron chi connectivity index (χ4n) is 4.14.